The summed E-state index contributed by atoms with van der Waals surface area (Å²) in [5, 5.41) is 7.80. The zero-order chi connectivity index (χ0) is 13.0. The van der Waals surface area contributed by atoms with E-state index in [1.807, 2.05) is 31.2 Å². The fourth-order valence-corrected chi connectivity index (χ4v) is 1.94. The lowest BCUT2D eigenvalue weighted by Crippen LogP contribution is -2.12. The van der Waals surface area contributed by atoms with Crippen LogP contribution in [0.5, 0.6) is 5.75 Å². The fourth-order valence-electron chi connectivity index (χ4n) is 1.66. The molecule has 1 heterocycles. The molecule has 0 aliphatic heterocycles. The number of nitrogens with zero attached hydrogens (tertiary/aromatic N) is 1. The standard InChI is InChI=1S/C13H15ClN2O2/c1-9-5-11(16-18-9)8-15-7-10-3-4-13(17-2)12(14)6-10/h3-6,15H,7-8H2,1-2H3. The molecule has 0 fully saturated rings. The minimum Gasteiger partial charge on any atom is -0.495 e. The Morgan fingerprint density at radius 2 is 2.17 bits per heavy atom. The number of ether oxygens (including phenoxy) is 1. The number of hydrogen-bond acceptors (Lipinski definition) is 4. The topological polar surface area (TPSA) is 47.3 Å². The molecule has 0 radical (unpaired) electrons. The van der Waals surface area contributed by atoms with Crippen LogP contribution in [0.2, 0.25) is 5.02 Å². The molecule has 5 heteroatoms. The largest absolute Gasteiger partial charge is 0.495 e. The van der Waals surface area contributed by atoms with Crippen molar-refractivity contribution in [2.75, 3.05) is 7.11 Å². The highest BCUT2D eigenvalue weighted by atomic mass is 35.5. The maximum absolute atomic E-state index is 6.05. The minimum absolute atomic E-state index is 0.620. The van der Waals surface area contributed by atoms with Crippen LogP contribution in [0.1, 0.15) is 17.0 Å². The van der Waals surface area contributed by atoms with E-state index in [1.165, 1.54) is 0 Å². The van der Waals surface area contributed by atoms with Gasteiger partial charge < -0.3 is 14.6 Å². The molecular formula is C13H15ClN2O2. The second kappa shape index (κ2) is 5.89. The summed E-state index contributed by atoms with van der Waals surface area (Å²) in [4.78, 5) is 0. The van der Waals surface area contributed by atoms with Crippen molar-refractivity contribution in [2.24, 2.45) is 0 Å². The molecule has 0 aliphatic rings. The van der Waals surface area contributed by atoms with E-state index in [9.17, 15) is 0 Å². The minimum atomic E-state index is 0.620. The predicted octanol–water partition coefficient (Wildman–Crippen LogP) is 2.93. The monoisotopic (exact) mass is 266 g/mol. The first kappa shape index (κ1) is 12.9. The molecule has 0 unspecified atom stereocenters. The van der Waals surface area contributed by atoms with Crippen LogP contribution >= 0.6 is 11.6 Å². The lowest BCUT2D eigenvalue weighted by Gasteiger charge is -2.06. The zero-order valence-corrected chi connectivity index (χ0v) is 11.1. The molecule has 0 saturated heterocycles. The van der Waals surface area contributed by atoms with Gasteiger partial charge in [0.2, 0.25) is 0 Å². The fraction of sp³-hybridized carbons (Fsp3) is 0.308. The highest BCUT2D eigenvalue weighted by Gasteiger charge is 2.03. The molecule has 2 aromatic rings. The number of halogens is 1. The summed E-state index contributed by atoms with van der Waals surface area (Å²) in [6.07, 6.45) is 0. The van der Waals surface area contributed by atoms with E-state index in [0.717, 1.165) is 23.6 Å². The van der Waals surface area contributed by atoms with Gasteiger partial charge in [-0.05, 0) is 24.6 Å². The summed E-state index contributed by atoms with van der Waals surface area (Å²) < 4.78 is 10.1. The van der Waals surface area contributed by atoms with Crippen LogP contribution in [-0.4, -0.2) is 12.3 Å². The van der Waals surface area contributed by atoms with Gasteiger partial charge in [-0.25, -0.2) is 0 Å². The predicted molar refractivity (Wildman–Crippen MR) is 69.8 cm³/mol. The van der Waals surface area contributed by atoms with Crippen LogP contribution < -0.4 is 10.1 Å². The lowest BCUT2D eigenvalue weighted by molar-refractivity contribution is 0.388. The number of aryl methyl sites for hydroxylation is 1. The first-order valence-corrected chi connectivity index (χ1v) is 6.02. The van der Waals surface area contributed by atoms with Gasteiger partial charge >= 0.3 is 0 Å². The van der Waals surface area contributed by atoms with E-state index < -0.39 is 0 Å². The molecule has 4 nitrogen and oxygen atoms in total. The van der Waals surface area contributed by atoms with Crippen molar-refractivity contribution < 1.29 is 9.26 Å². The summed E-state index contributed by atoms with van der Waals surface area (Å²) in [7, 11) is 1.60. The number of aromatic nitrogens is 1. The Morgan fingerprint density at radius 3 is 2.78 bits per heavy atom. The number of methoxy groups -OCH3 is 1. The van der Waals surface area contributed by atoms with E-state index in [4.69, 9.17) is 20.9 Å². The van der Waals surface area contributed by atoms with Crippen LogP contribution in [0.4, 0.5) is 0 Å². The van der Waals surface area contributed by atoms with Gasteiger partial charge in [0, 0.05) is 19.2 Å². The molecule has 0 amide bonds. The maximum Gasteiger partial charge on any atom is 0.137 e. The average molecular weight is 267 g/mol. The third kappa shape index (κ3) is 3.24. The molecule has 1 aromatic heterocycles. The van der Waals surface area contributed by atoms with Crippen molar-refractivity contribution in [2.45, 2.75) is 20.0 Å². The number of hydrogen-bond donors (Lipinski definition) is 1. The van der Waals surface area contributed by atoms with Gasteiger partial charge in [-0.15, -0.1) is 0 Å². The van der Waals surface area contributed by atoms with E-state index in [0.29, 0.717) is 17.3 Å². The Kier molecular flexibility index (Phi) is 4.23. The highest BCUT2D eigenvalue weighted by molar-refractivity contribution is 6.32. The maximum atomic E-state index is 6.05. The summed E-state index contributed by atoms with van der Waals surface area (Å²) in [5.74, 6) is 1.51. The van der Waals surface area contributed by atoms with E-state index in [2.05, 4.69) is 10.5 Å². The van der Waals surface area contributed by atoms with E-state index in [-0.39, 0.29) is 0 Å². The molecule has 1 N–H and O–H groups in total. The van der Waals surface area contributed by atoms with E-state index in [1.54, 1.807) is 7.11 Å². The van der Waals surface area contributed by atoms with Crippen LogP contribution in [0.25, 0.3) is 0 Å². The molecule has 18 heavy (non-hydrogen) atoms. The van der Waals surface area contributed by atoms with Gasteiger partial charge in [0.05, 0.1) is 17.8 Å². The Bertz CT molecular complexity index is 525. The Balaban J connectivity index is 1.88. The van der Waals surface area contributed by atoms with Crippen molar-refractivity contribution in [3.63, 3.8) is 0 Å². The first-order chi connectivity index (χ1) is 8.69. The van der Waals surface area contributed by atoms with Crippen molar-refractivity contribution >= 4 is 11.6 Å². The SMILES string of the molecule is COc1ccc(CNCc2cc(C)on2)cc1Cl. The van der Waals surface area contributed by atoms with Crippen LogP contribution in [0, 0.1) is 6.92 Å². The van der Waals surface area contributed by atoms with Gasteiger partial charge in [0.1, 0.15) is 11.5 Å². The van der Waals surface area contributed by atoms with Gasteiger partial charge in [0.25, 0.3) is 0 Å². The number of nitrogens with one attached hydrogen (secondary N) is 1. The molecule has 2 rings (SSSR count). The normalized spacial score (nSPS) is 10.6. The third-order valence-corrected chi connectivity index (χ3v) is 2.82. The summed E-state index contributed by atoms with van der Waals surface area (Å²) in [5.41, 5.74) is 1.99. The summed E-state index contributed by atoms with van der Waals surface area (Å²) in [6, 6.07) is 7.64. The smallest absolute Gasteiger partial charge is 0.137 e. The van der Waals surface area contributed by atoms with Crippen LogP contribution in [-0.2, 0) is 13.1 Å². The molecule has 0 bridgehead atoms. The third-order valence-electron chi connectivity index (χ3n) is 2.53. The van der Waals surface area contributed by atoms with Gasteiger partial charge in [0.15, 0.2) is 0 Å². The molecular weight excluding hydrogens is 252 g/mol. The number of benzene rings is 1. The Morgan fingerprint density at radius 1 is 1.33 bits per heavy atom. The molecule has 96 valence electrons. The van der Waals surface area contributed by atoms with Crippen LogP contribution in [0.15, 0.2) is 28.8 Å². The number of rotatable bonds is 5. The second-order valence-electron chi connectivity index (χ2n) is 4.00. The van der Waals surface area contributed by atoms with Crippen molar-refractivity contribution in [3.8, 4) is 5.75 Å². The molecule has 0 spiro atoms. The van der Waals surface area contributed by atoms with Gasteiger partial charge in [-0.1, -0.05) is 22.8 Å². The summed E-state index contributed by atoms with van der Waals surface area (Å²) in [6.45, 7) is 3.26. The molecule has 1 aromatic carbocycles. The van der Waals surface area contributed by atoms with Crippen LogP contribution in [0.3, 0.4) is 0 Å². The Labute approximate surface area is 111 Å². The zero-order valence-electron chi connectivity index (χ0n) is 10.4. The highest BCUT2D eigenvalue weighted by Crippen LogP contribution is 2.24. The van der Waals surface area contributed by atoms with Crippen molar-refractivity contribution in [1.29, 1.82) is 0 Å². The van der Waals surface area contributed by atoms with Crippen molar-refractivity contribution in [3.05, 3.63) is 46.3 Å². The lowest BCUT2D eigenvalue weighted by atomic mass is 10.2. The summed E-state index contributed by atoms with van der Waals surface area (Å²) >= 11 is 6.05. The van der Waals surface area contributed by atoms with E-state index >= 15 is 0 Å². The average Bonchev–Trinajstić information content (AvgIpc) is 2.75. The Hall–Kier alpha value is -1.52. The molecule has 0 saturated carbocycles. The van der Waals surface area contributed by atoms with Gasteiger partial charge in [-0.2, -0.15) is 0 Å². The second-order valence-corrected chi connectivity index (χ2v) is 4.41. The van der Waals surface area contributed by atoms with Crippen molar-refractivity contribution in [1.82, 2.24) is 10.5 Å². The molecule has 0 aliphatic carbocycles. The molecule has 0 atom stereocenters. The van der Waals surface area contributed by atoms with Gasteiger partial charge in [-0.3, -0.25) is 0 Å². The first-order valence-electron chi connectivity index (χ1n) is 5.64. The quantitative estimate of drug-likeness (QED) is 0.904.